The molecule has 1 aromatic rings. The summed E-state index contributed by atoms with van der Waals surface area (Å²) in [5.74, 6) is -0.275. The van der Waals surface area contributed by atoms with Crippen LogP contribution in [-0.4, -0.2) is 41.4 Å². The lowest BCUT2D eigenvalue weighted by Crippen LogP contribution is -2.49. The molecule has 5 nitrogen and oxygen atoms in total. The summed E-state index contributed by atoms with van der Waals surface area (Å²) < 4.78 is 5.62. The van der Waals surface area contributed by atoms with Gasteiger partial charge in [0.25, 0.3) is 0 Å². The monoisotopic (exact) mass is 250 g/mol. The molecule has 2 atom stereocenters. The van der Waals surface area contributed by atoms with Crippen molar-refractivity contribution in [2.24, 2.45) is 0 Å². The molecule has 0 amide bonds. The van der Waals surface area contributed by atoms with E-state index in [9.17, 15) is 4.79 Å². The summed E-state index contributed by atoms with van der Waals surface area (Å²) in [7, 11) is 0. The van der Waals surface area contributed by atoms with Gasteiger partial charge in [0, 0.05) is 6.54 Å². The molecule has 1 aliphatic heterocycles. The van der Waals surface area contributed by atoms with Gasteiger partial charge in [0.15, 0.2) is 5.69 Å². The van der Waals surface area contributed by atoms with Crippen LogP contribution in [-0.2, 0) is 4.74 Å². The minimum Gasteiger partial charge on any atom is -0.477 e. The first-order chi connectivity index (χ1) is 8.61. The van der Waals surface area contributed by atoms with Gasteiger partial charge in [-0.15, -0.1) is 0 Å². The van der Waals surface area contributed by atoms with Crippen LogP contribution in [0.1, 0.15) is 30.8 Å². The number of hydrogen-bond acceptors (Lipinski definition) is 4. The number of anilines is 1. The Morgan fingerprint density at radius 3 is 3.06 bits per heavy atom. The van der Waals surface area contributed by atoms with Gasteiger partial charge in [0.05, 0.1) is 18.8 Å². The average Bonchev–Trinajstić information content (AvgIpc) is 2.39. The zero-order chi connectivity index (χ0) is 13.1. The van der Waals surface area contributed by atoms with Crippen LogP contribution in [0.2, 0.25) is 0 Å². The first-order valence-electron chi connectivity index (χ1n) is 6.20. The summed E-state index contributed by atoms with van der Waals surface area (Å²) in [6, 6.07) is 5.36. The van der Waals surface area contributed by atoms with Crippen molar-refractivity contribution in [3.63, 3.8) is 0 Å². The zero-order valence-electron chi connectivity index (χ0n) is 10.7. The van der Waals surface area contributed by atoms with Gasteiger partial charge in [-0.3, -0.25) is 0 Å². The second-order valence-electron chi connectivity index (χ2n) is 4.54. The third kappa shape index (κ3) is 2.61. The van der Waals surface area contributed by atoms with Gasteiger partial charge in [-0.1, -0.05) is 13.0 Å². The summed E-state index contributed by atoms with van der Waals surface area (Å²) in [5.41, 5.74) is 0.0847. The molecular weight excluding hydrogens is 232 g/mol. The van der Waals surface area contributed by atoms with E-state index in [1.807, 2.05) is 13.0 Å². The Balaban J connectivity index is 2.27. The van der Waals surface area contributed by atoms with Crippen molar-refractivity contribution in [2.45, 2.75) is 32.4 Å². The Morgan fingerprint density at radius 2 is 2.39 bits per heavy atom. The SMILES string of the molecule is CCC1COC(C)CN1c1cccc(C(=O)O)n1. The maximum atomic E-state index is 10.9. The smallest absolute Gasteiger partial charge is 0.354 e. The van der Waals surface area contributed by atoms with Crippen LogP contribution in [0, 0.1) is 0 Å². The number of carbonyl (C=O) groups is 1. The van der Waals surface area contributed by atoms with Gasteiger partial charge in [-0.05, 0) is 25.5 Å². The van der Waals surface area contributed by atoms with E-state index in [1.165, 1.54) is 6.07 Å². The highest BCUT2D eigenvalue weighted by Crippen LogP contribution is 2.21. The normalized spacial score (nSPS) is 24.0. The molecule has 98 valence electrons. The van der Waals surface area contributed by atoms with Crippen molar-refractivity contribution >= 4 is 11.8 Å². The van der Waals surface area contributed by atoms with Crippen LogP contribution >= 0.6 is 0 Å². The van der Waals surface area contributed by atoms with Crippen molar-refractivity contribution in [1.82, 2.24) is 4.98 Å². The Hall–Kier alpha value is -1.62. The van der Waals surface area contributed by atoms with Gasteiger partial charge >= 0.3 is 5.97 Å². The predicted molar refractivity (Wildman–Crippen MR) is 68.0 cm³/mol. The number of ether oxygens (including phenoxy) is 1. The molecule has 2 rings (SSSR count). The summed E-state index contributed by atoms with van der Waals surface area (Å²) in [5, 5.41) is 8.98. The molecule has 1 saturated heterocycles. The fourth-order valence-electron chi connectivity index (χ4n) is 2.17. The van der Waals surface area contributed by atoms with Crippen molar-refractivity contribution in [3.8, 4) is 0 Å². The first-order valence-corrected chi connectivity index (χ1v) is 6.20. The fourth-order valence-corrected chi connectivity index (χ4v) is 2.17. The third-order valence-corrected chi connectivity index (χ3v) is 3.19. The molecule has 1 aliphatic rings. The lowest BCUT2D eigenvalue weighted by Gasteiger charge is -2.39. The van der Waals surface area contributed by atoms with Crippen LogP contribution in [0.5, 0.6) is 0 Å². The highest BCUT2D eigenvalue weighted by atomic mass is 16.5. The summed E-state index contributed by atoms with van der Waals surface area (Å²) in [6.45, 7) is 5.52. The van der Waals surface area contributed by atoms with Gasteiger partial charge in [0.2, 0.25) is 0 Å². The van der Waals surface area contributed by atoms with Crippen molar-refractivity contribution in [3.05, 3.63) is 23.9 Å². The Bertz CT molecular complexity index is 436. The van der Waals surface area contributed by atoms with E-state index < -0.39 is 5.97 Å². The number of aromatic nitrogens is 1. The van der Waals surface area contributed by atoms with Crippen molar-refractivity contribution < 1.29 is 14.6 Å². The molecule has 0 saturated carbocycles. The highest BCUT2D eigenvalue weighted by molar-refractivity contribution is 5.85. The lowest BCUT2D eigenvalue weighted by atomic mass is 10.1. The summed E-state index contributed by atoms with van der Waals surface area (Å²) in [4.78, 5) is 17.3. The first kappa shape index (κ1) is 12.8. The molecule has 1 aromatic heterocycles. The number of hydrogen-bond donors (Lipinski definition) is 1. The molecule has 0 radical (unpaired) electrons. The third-order valence-electron chi connectivity index (χ3n) is 3.19. The highest BCUT2D eigenvalue weighted by Gasteiger charge is 2.26. The minimum atomic E-state index is -0.994. The molecule has 18 heavy (non-hydrogen) atoms. The molecule has 1 N–H and O–H groups in total. The van der Waals surface area contributed by atoms with E-state index in [-0.39, 0.29) is 17.8 Å². The molecule has 0 spiro atoms. The predicted octanol–water partition coefficient (Wildman–Crippen LogP) is 1.78. The Labute approximate surface area is 106 Å². The van der Waals surface area contributed by atoms with Gasteiger partial charge in [-0.25, -0.2) is 9.78 Å². The maximum Gasteiger partial charge on any atom is 0.354 e. The largest absolute Gasteiger partial charge is 0.477 e. The number of rotatable bonds is 3. The molecule has 1 fully saturated rings. The summed E-state index contributed by atoms with van der Waals surface area (Å²) >= 11 is 0. The van der Waals surface area contributed by atoms with E-state index in [0.29, 0.717) is 6.61 Å². The number of pyridine rings is 1. The lowest BCUT2D eigenvalue weighted by molar-refractivity contribution is 0.0296. The average molecular weight is 250 g/mol. The van der Waals surface area contributed by atoms with Crippen LogP contribution in [0.3, 0.4) is 0 Å². The van der Waals surface area contributed by atoms with E-state index in [0.717, 1.165) is 18.8 Å². The molecule has 2 heterocycles. The number of carboxylic acids is 1. The van der Waals surface area contributed by atoms with E-state index in [2.05, 4.69) is 16.8 Å². The topological polar surface area (TPSA) is 62.7 Å². The fraction of sp³-hybridized carbons (Fsp3) is 0.538. The molecule has 0 aromatic carbocycles. The molecule has 0 aliphatic carbocycles. The van der Waals surface area contributed by atoms with E-state index in [4.69, 9.17) is 9.84 Å². The maximum absolute atomic E-state index is 10.9. The minimum absolute atomic E-state index is 0.0847. The van der Waals surface area contributed by atoms with Crippen LogP contribution < -0.4 is 4.90 Å². The van der Waals surface area contributed by atoms with Gasteiger partial charge < -0.3 is 14.7 Å². The molecule has 2 unspecified atom stereocenters. The van der Waals surface area contributed by atoms with Crippen LogP contribution in [0.25, 0.3) is 0 Å². The standard InChI is InChI=1S/C13H18N2O3/c1-3-10-8-18-9(2)7-15(10)12-6-4-5-11(14-12)13(16)17/h4-6,9-10H,3,7-8H2,1-2H3,(H,16,17). The number of carboxylic acid groups (broad SMARTS) is 1. The number of aromatic carboxylic acids is 1. The van der Waals surface area contributed by atoms with E-state index in [1.54, 1.807) is 6.07 Å². The van der Waals surface area contributed by atoms with Crippen LogP contribution in [0.4, 0.5) is 5.82 Å². The van der Waals surface area contributed by atoms with Gasteiger partial charge in [0.1, 0.15) is 5.82 Å². The molecule has 0 bridgehead atoms. The zero-order valence-corrected chi connectivity index (χ0v) is 10.7. The van der Waals surface area contributed by atoms with Crippen molar-refractivity contribution in [1.29, 1.82) is 0 Å². The Kier molecular flexibility index (Phi) is 3.81. The Morgan fingerprint density at radius 1 is 1.61 bits per heavy atom. The number of nitrogens with zero attached hydrogens (tertiary/aromatic N) is 2. The molecular formula is C13H18N2O3. The molecule has 5 heteroatoms. The van der Waals surface area contributed by atoms with E-state index >= 15 is 0 Å². The van der Waals surface area contributed by atoms with Crippen LogP contribution in [0.15, 0.2) is 18.2 Å². The second kappa shape index (κ2) is 5.35. The van der Waals surface area contributed by atoms with Gasteiger partial charge in [-0.2, -0.15) is 0 Å². The quantitative estimate of drug-likeness (QED) is 0.886. The van der Waals surface area contributed by atoms with Crippen molar-refractivity contribution in [2.75, 3.05) is 18.1 Å². The number of morpholine rings is 1. The second-order valence-corrected chi connectivity index (χ2v) is 4.54. The summed E-state index contributed by atoms with van der Waals surface area (Å²) in [6.07, 6.45) is 1.09.